The number of aromatic nitrogens is 2. The van der Waals surface area contributed by atoms with Gasteiger partial charge < -0.3 is 9.13 Å². The molecule has 0 aliphatic heterocycles. The lowest BCUT2D eigenvalue weighted by Crippen LogP contribution is -2.33. The summed E-state index contributed by atoms with van der Waals surface area (Å²) in [6.07, 6.45) is 2.37. The third-order valence-corrected chi connectivity index (χ3v) is 13.3. The van der Waals surface area contributed by atoms with Crippen LogP contribution in [0.25, 0.3) is 76.9 Å². The van der Waals surface area contributed by atoms with Crippen LogP contribution in [0.4, 0.5) is 0 Å². The molecule has 11 rings (SSSR count). The van der Waals surface area contributed by atoms with Crippen molar-refractivity contribution in [2.45, 2.75) is 70.6 Å². The van der Waals surface area contributed by atoms with Gasteiger partial charge in [-0.2, -0.15) is 0 Å². The van der Waals surface area contributed by atoms with Crippen molar-refractivity contribution in [3.63, 3.8) is 0 Å². The summed E-state index contributed by atoms with van der Waals surface area (Å²) in [5.74, 6) is 0. The van der Waals surface area contributed by atoms with E-state index in [2.05, 4.69) is 184 Å². The standard InChI is InChI=1S/C51H44N2/c1-49(2)26-27-50(3,4)42-30-44-38(29-41(42)49)46-35-20-11-10-19-34(35)45-36-21-13-15-23-43(36)53(47(45)48(46)52(44)31-16-8-7-9-17-31)32-24-25-40-37(28-32)33-18-12-14-22-39(33)51(40,5)6/h7-25,28-30H,26-27H2,1-6H3. The SMILES string of the molecule is CC1(C)CCC(C)(C)c2cc3c(cc21)c1c2ccccc2c2c4ccccc4n(-c4ccc5c(c4)-c4ccccc4C5(C)C)c2c1n3-c1ccccc1. The van der Waals surface area contributed by atoms with Crippen molar-refractivity contribution >= 4 is 54.4 Å². The van der Waals surface area contributed by atoms with Crippen LogP contribution in [0.3, 0.4) is 0 Å². The quantitative estimate of drug-likeness (QED) is 0.172. The zero-order valence-corrected chi connectivity index (χ0v) is 31.5. The number of para-hydroxylation sites is 2. The molecule has 0 N–H and O–H groups in total. The van der Waals surface area contributed by atoms with Crippen molar-refractivity contribution in [2.75, 3.05) is 0 Å². The summed E-state index contributed by atoms with van der Waals surface area (Å²) in [7, 11) is 0. The van der Waals surface area contributed by atoms with Gasteiger partial charge in [-0.1, -0.05) is 133 Å². The first kappa shape index (κ1) is 31.0. The zero-order valence-electron chi connectivity index (χ0n) is 31.5. The maximum atomic E-state index is 2.60. The van der Waals surface area contributed by atoms with Crippen LogP contribution >= 0.6 is 0 Å². The van der Waals surface area contributed by atoms with Crippen molar-refractivity contribution in [3.05, 3.63) is 156 Å². The highest BCUT2D eigenvalue weighted by Crippen LogP contribution is 2.53. The summed E-state index contributed by atoms with van der Waals surface area (Å²) in [6.45, 7) is 14.5. The largest absolute Gasteiger partial charge is 0.307 e. The van der Waals surface area contributed by atoms with Gasteiger partial charge >= 0.3 is 0 Å². The number of hydrogen-bond acceptors (Lipinski definition) is 0. The van der Waals surface area contributed by atoms with E-state index in [0.29, 0.717) is 0 Å². The van der Waals surface area contributed by atoms with Crippen LogP contribution in [0, 0.1) is 0 Å². The monoisotopic (exact) mass is 684 g/mol. The van der Waals surface area contributed by atoms with E-state index in [-0.39, 0.29) is 16.2 Å². The first-order valence-electron chi connectivity index (χ1n) is 19.3. The number of nitrogens with zero attached hydrogens (tertiary/aromatic N) is 2. The van der Waals surface area contributed by atoms with Gasteiger partial charge in [0.05, 0.1) is 22.1 Å². The summed E-state index contributed by atoms with van der Waals surface area (Å²) < 4.78 is 5.18. The molecule has 0 saturated heterocycles. The number of hydrogen-bond donors (Lipinski definition) is 0. The molecule has 0 amide bonds. The minimum Gasteiger partial charge on any atom is -0.307 e. The predicted octanol–water partition coefficient (Wildman–Crippen LogP) is 13.7. The second-order valence-corrected chi connectivity index (χ2v) is 17.6. The summed E-state index contributed by atoms with van der Waals surface area (Å²) >= 11 is 0. The summed E-state index contributed by atoms with van der Waals surface area (Å²) in [5.41, 5.74) is 16.1. The normalized spacial score (nSPS) is 16.8. The van der Waals surface area contributed by atoms with Gasteiger partial charge in [0, 0.05) is 38.3 Å². The van der Waals surface area contributed by atoms with Gasteiger partial charge in [0.1, 0.15) is 0 Å². The van der Waals surface area contributed by atoms with Crippen molar-refractivity contribution < 1.29 is 0 Å². The number of benzene rings is 7. The minimum absolute atomic E-state index is 0.0465. The molecule has 0 saturated carbocycles. The second-order valence-electron chi connectivity index (χ2n) is 17.6. The summed E-state index contributed by atoms with van der Waals surface area (Å²) in [6, 6.07) is 50.7. The Kier molecular flexibility index (Phi) is 6.01. The molecule has 53 heavy (non-hydrogen) atoms. The smallest absolute Gasteiger partial charge is 0.0795 e. The molecule has 0 spiro atoms. The van der Waals surface area contributed by atoms with Crippen LogP contribution in [0.1, 0.15) is 76.6 Å². The van der Waals surface area contributed by atoms with Crippen LogP contribution in [-0.4, -0.2) is 9.13 Å². The number of fused-ring (bicyclic) bond motifs is 14. The van der Waals surface area contributed by atoms with Crippen molar-refractivity contribution in [1.29, 1.82) is 0 Å². The second kappa shape index (κ2) is 10.3. The van der Waals surface area contributed by atoms with Crippen LogP contribution < -0.4 is 0 Å². The van der Waals surface area contributed by atoms with Crippen molar-refractivity contribution in [1.82, 2.24) is 9.13 Å². The highest BCUT2D eigenvalue weighted by molar-refractivity contribution is 6.36. The lowest BCUT2D eigenvalue weighted by atomic mass is 9.63. The maximum absolute atomic E-state index is 2.60. The summed E-state index contributed by atoms with van der Waals surface area (Å²) in [5, 5.41) is 7.90. The Bertz CT molecular complexity index is 3020. The average Bonchev–Trinajstić information content (AvgIpc) is 3.77. The Morgan fingerprint density at radius 3 is 1.66 bits per heavy atom. The summed E-state index contributed by atoms with van der Waals surface area (Å²) in [4.78, 5) is 0. The van der Waals surface area contributed by atoms with Gasteiger partial charge in [-0.25, -0.2) is 0 Å². The lowest BCUT2D eigenvalue weighted by Gasteiger charge is -2.42. The van der Waals surface area contributed by atoms with E-state index in [0.717, 1.165) is 0 Å². The van der Waals surface area contributed by atoms with E-state index in [1.807, 2.05) is 0 Å². The maximum Gasteiger partial charge on any atom is 0.0795 e. The van der Waals surface area contributed by atoms with Gasteiger partial charge in [-0.05, 0) is 110 Å². The third-order valence-electron chi connectivity index (χ3n) is 13.3. The first-order chi connectivity index (χ1) is 25.6. The fourth-order valence-electron chi connectivity index (χ4n) is 10.5. The van der Waals surface area contributed by atoms with Crippen LogP contribution in [0.5, 0.6) is 0 Å². The molecule has 2 heteroatoms. The molecule has 2 nitrogen and oxygen atoms in total. The van der Waals surface area contributed by atoms with E-state index in [1.54, 1.807) is 0 Å². The fraction of sp³-hybridized carbons (Fsp3) is 0.216. The molecular weight excluding hydrogens is 641 g/mol. The Balaban J connectivity index is 1.39. The van der Waals surface area contributed by atoms with Gasteiger partial charge in [0.15, 0.2) is 0 Å². The van der Waals surface area contributed by atoms with E-state index in [4.69, 9.17) is 0 Å². The molecule has 2 heterocycles. The van der Waals surface area contributed by atoms with Crippen LogP contribution in [0.15, 0.2) is 133 Å². The molecular formula is C51H44N2. The highest BCUT2D eigenvalue weighted by atomic mass is 15.0. The molecule has 0 bridgehead atoms. The molecule has 0 atom stereocenters. The van der Waals surface area contributed by atoms with Crippen LogP contribution in [0.2, 0.25) is 0 Å². The van der Waals surface area contributed by atoms with E-state index >= 15 is 0 Å². The van der Waals surface area contributed by atoms with Gasteiger partial charge in [-0.15, -0.1) is 0 Å². The molecule has 258 valence electrons. The zero-order chi connectivity index (χ0) is 36.0. The van der Waals surface area contributed by atoms with E-state index < -0.39 is 0 Å². The average molecular weight is 685 g/mol. The van der Waals surface area contributed by atoms with E-state index in [1.165, 1.54) is 112 Å². The number of rotatable bonds is 2. The Morgan fingerprint density at radius 2 is 0.943 bits per heavy atom. The predicted molar refractivity (Wildman–Crippen MR) is 225 cm³/mol. The molecule has 2 aliphatic rings. The Labute approximate surface area is 311 Å². The molecule has 0 unspecified atom stereocenters. The van der Waals surface area contributed by atoms with Gasteiger partial charge in [0.25, 0.3) is 0 Å². The highest BCUT2D eigenvalue weighted by Gasteiger charge is 2.39. The first-order valence-corrected chi connectivity index (χ1v) is 19.3. The topological polar surface area (TPSA) is 9.86 Å². The lowest BCUT2D eigenvalue weighted by molar-refractivity contribution is 0.332. The minimum atomic E-state index is -0.0465. The fourth-order valence-corrected chi connectivity index (χ4v) is 10.5. The van der Waals surface area contributed by atoms with Gasteiger partial charge in [-0.3, -0.25) is 0 Å². The van der Waals surface area contributed by atoms with Crippen molar-refractivity contribution in [3.8, 4) is 22.5 Å². The van der Waals surface area contributed by atoms with Crippen LogP contribution in [-0.2, 0) is 16.2 Å². The molecule has 0 radical (unpaired) electrons. The molecule has 9 aromatic rings. The van der Waals surface area contributed by atoms with Gasteiger partial charge in [0.2, 0.25) is 0 Å². The third kappa shape index (κ3) is 3.99. The van der Waals surface area contributed by atoms with Crippen molar-refractivity contribution in [2.24, 2.45) is 0 Å². The molecule has 2 aromatic heterocycles. The Morgan fingerprint density at radius 1 is 0.396 bits per heavy atom. The Hall–Kier alpha value is -5.60. The molecule has 2 aliphatic carbocycles. The molecule has 7 aromatic carbocycles. The molecule has 0 fully saturated rings. The van der Waals surface area contributed by atoms with E-state index in [9.17, 15) is 0 Å².